The summed E-state index contributed by atoms with van der Waals surface area (Å²) < 4.78 is 0. The van der Waals surface area contributed by atoms with Gasteiger partial charge in [0.05, 0.1) is 5.56 Å². The smallest absolute Gasteiger partial charge is 0.254 e. The second-order valence-corrected chi connectivity index (χ2v) is 6.87. The Balaban J connectivity index is 1.26. The lowest BCUT2D eigenvalue weighted by Gasteiger charge is -2.17. The average molecular weight is 334 g/mol. The normalized spacial score (nSPS) is 23.6. The Morgan fingerprint density at radius 1 is 1.08 bits per heavy atom. The minimum Gasteiger partial charge on any atom is -0.352 e. The lowest BCUT2D eigenvalue weighted by atomic mass is 9.91. The summed E-state index contributed by atoms with van der Waals surface area (Å²) in [5.74, 6) is 2.61. The molecule has 0 unspecified atom stereocenters. The van der Waals surface area contributed by atoms with Crippen LogP contribution in [0, 0.1) is 17.8 Å². The molecule has 5 heteroatoms. The summed E-state index contributed by atoms with van der Waals surface area (Å²) in [5.41, 5.74) is 1.41. The number of allylic oxidation sites excluding steroid dienone is 2. The Morgan fingerprint density at radius 2 is 1.88 bits per heavy atom. The first-order chi connectivity index (χ1) is 12.3. The summed E-state index contributed by atoms with van der Waals surface area (Å²) in [5, 5.41) is 6.10. The van der Waals surface area contributed by atoms with Gasteiger partial charge in [0, 0.05) is 24.6 Å². The highest BCUT2D eigenvalue weighted by molar-refractivity contribution is 5.93. The quantitative estimate of drug-likeness (QED) is 0.793. The van der Waals surface area contributed by atoms with Gasteiger partial charge in [-0.25, -0.2) is 9.97 Å². The van der Waals surface area contributed by atoms with E-state index in [0.717, 1.165) is 29.9 Å². The maximum atomic E-state index is 12.2. The Kier molecular flexibility index (Phi) is 4.46. The van der Waals surface area contributed by atoms with E-state index in [0.29, 0.717) is 18.1 Å². The first kappa shape index (κ1) is 15.8. The predicted octanol–water partition coefficient (Wildman–Crippen LogP) is 3.55. The van der Waals surface area contributed by atoms with Crippen LogP contribution in [0.25, 0.3) is 0 Å². The monoisotopic (exact) mass is 334 g/mol. The number of para-hydroxylation sites is 1. The summed E-state index contributed by atoms with van der Waals surface area (Å²) in [6.45, 7) is 0.713. The zero-order valence-electron chi connectivity index (χ0n) is 14.1. The second kappa shape index (κ2) is 7.05. The molecule has 1 saturated carbocycles. The van der Waals surface area contributed by atoms with Crippen molar-refractivity contribution in [3.05, 3.63) is 60.4 Å². The number of hydrogen-bond donors (Lipinski definition) is 2. The number of hydrogen-bond acceptors (Lipinski definition) is 4. The zero-order chi connectivity index (χ0) is 17.1. The minimum atomic E-state index is -0.107. The van der Waals surface area contributed by atoms with Crippen molar-refractivity contribution in [3.63, 3.8) is 0 Å². The molecule has 0 saturated heterocycles. The SMILES string of the molecule is O=C(NCC[C@@H]1C[C@@H]2C=C[C@H]1C2)c1cnc(Nc2ccccc2)nc1. The number of anilines is 2. The number of nitrogens with zero attached hydrogens (tertiary/aromatic N) is 2. The molecule has 2 aromatic rings. The van der Waals surface area contributed by atoms with Crippen molar-refractivity contribution in [2.45, 2.75) is 19.3 Å². The Labute approximate surface area is 147 Å². The molecule has 2 bridgehead atoms. The standard InChI is InChI=1S/C20H22N4O/c25-19(21-9-8-16-11-14-6-7-15(16)10-14)17-12-22-20(23-13-17)24-18-4-2-1-3-5-18/h1-7,12-16H,8-11H2,(H,21,25)(H,22,23,24)/t14-,15+,16-/m1/s1. The van der Waals surface area contributed by atoms with E-state index in [4.69, 9.17) is 0 Å². The van der Waals surface area contributed by atoms with Crippen LogP contribution in [0.15, 0.2) is 54.9 Å². The summed E-state index contributed by atoms with van der Waals surface area (Å²) in [6.07, 6.45) is 11.5. The lowest BCUT2D eigenvalue weighted by molar-refractivity contribution is 0.0950. The van der Waals surface area contributed by atoms with Crippen molar-refractivity contribution in [2.24, 2.45) is 17.8 Å². The van der Waals surface area contributed by atoms with Gasteiger partial charge in [0.15, 0.2) is 0 Å². The van der Waals surface area contributed by atoms with Gasteiger partial charge >= 0.3 is 0 Å². The van der Waals surface area contributed by atoms with Gasteiger partial charge in [-0.2, -0.15) is 0 Å². The number of fused-ring (bicyclic) bond motifs is 2. The molecule has 1 aromatic carbocycles. The summed E-state index contributed by atoms with van der Waals surface area (Å²) in [6, 6.07) is 9.71. The molecule has 25 heavy (non-hydrogen) atoms. The van der Waals surface area contributed by atoms with E-state index < -0.39 is 0 Å². The molecule has 128 valence electrons. The molecule has 0 radical (unpaired) electrons. The number of benzene rings is 1. The van der Waals surface area contributed by atoms with Crippen LogP contribution in [0.2, 0.25) is 0 Å². The van der Waals surface area contributed by atoms with Crippen LogP contribution in [-0.4, -0.2) is 22.4 Å². The predicted molar refractivity (Wildman–Crippen MR) is 97.6 cm³/mol. The summed E-state index contributed by atoms with van der Waals surface area (Å²) in [4.78, 5) is 20.7. The van der Waals surface area contributed by atoms with Crippen molar-refractivity contribution >= 4 is 17.5 Å². The molecule has 2 aliphatic rings. The molecule has 1 amide bonds. The largest absolute Gasteiger partial charge is 0.352 e. The molecule has 1 aromatic heterocycles. The molecule has 1 fully saturated rings. The highest BCUT2D eigenvalue weighted by Crippen LogP contribution is 2.44. The van der Waals surface area contributed by atoms with E-state index >= 15 is 0 Å². The Hall–Kier alpha value is -2.69. The fourth-order valence-corrected chi connectivity index (χ4v) is 3.86. The van der Waals surface area contributed by atoms with Crippen molar-refractivity contribution < 1.29 is 4.79 Å². The van der Waals surface area contributed by atoms with Crippen LogP contribution >= 0.6 is 0 Å². The molecular formula is C20H22N4O. The molecule has 0 spiro atoms. The molecule has 2 aliphatic carbocycles. The van der Waals surface area contributed by atoms with Crippen molar-refractivity contribution in [2.75, 3.05) is 11.9 Å². The Morgan fingerprint density at radius 3 is 2.56 bits per heavy atom. The first-order valence-electron chi connectivity index (χ1n) is 8.88. The van der Waals surface area contributed by atoms with E-state index in [2.05, 4.69) is 32.8 Å². The van der Waals surface area contributed by atoms with E-state index in [-0.39, 0.29) is 5.91 Å². The van der Waals surface area contributed by atoms with Crippen LogP contribution in [0.4, 0.5) is 11.6 Å². The number of nitrogens with one attached hydrogen (secondary N) is 2. The highest BCUT2D eigenvalue weighted by atomic mass is 16.1. The maximum Gasteiger partial charge on any atom is 0.254 e. The fourth-order valence-electron chi connectivity index (χ4n) is 3.86. The van der Waals surface area contributed by atoms with Gasteiger partial charge in [-0.15, -0.1) is 0 Å². The average Bonchev–Trinajstić information content (AvgIpc) is 3.26. The first-order valence-corrected chi connectivity index (χ1v) is 8.88. The molecule has 1 heterocycles. The molecule has 3 atom stereocenters. The van der Waals surface area contributed by atoms with E-state index in [1.54, 1.807) is 12.4 Å². The van der Waals surface area contributed by atoms with Gasteiger partial charge < -0.3 is 10.6 Å². The van der Waals surface area contributed by atoms with Gasteiger partial charge in [0.1, 0.15) is 0 Å². The number of aromatic nitrogens is 2. The minimum absolute atomic E-state index is 0.107. The van der Waals surface area contributed by atoms with Crippen LogP contribution in [-0.2, 0) is 0 Å². The number of carbonyl (C=O) groups excluding carboxylic acids is 1. The van der Waals surface area contributed by atoms with Gasteiger partial charge in [0.25, 0.3) is 5.91 Å². The molecule has 0 aliphatic heterocycles. The Bertz CT molecular complexity index is 757. The van der Waals surface area contributed by atoms with Crippen molar-refractivity contribution in [3.8, 4) is 0 Å². The third-order valence-electron chi connectivity index (χ3n) is 5.16. The van der Waals surface area contributed by atoms with E-state index in [1.807, 2.05) is 30.3 Å². The second-order valence-electron chi connectivity index (χ2n) is 6.87. The van der Waals surface area contributed by atoms with Crippen LogP contribution in [0.5, 0.6) is 0 Å². The van der Waals surface area contributed by atoms with Crippen LogP contribution < -0.4 is 10.6 Å². The van der Waals surface area contributed by atoms with Gasteiger partial charge in [-0.05, 0) is 49.1 Å². The zero-order valence-corrected chi connectivity index (χ0v) is 14.1. The van der Waals surface area contributed by atoms with Crippen molar-refractivity contribution in [1.29, 1.82) is 0 Å². The van der Waals surface area contributed by atoms with E-state index in [9.17, 15) is 4.79 Å². The van der Waals surface area contributed by atoms with E-state index in [1.165, 1.54) is 12.8 Å². The third kappa shape index (κ3) is 3.71. The fraction of sp³-hybridized carbons (Fsp3) is 0.350. The summed E-state index contributed by atoms with van der Waals surface area (Å²) in [7, 11) is 0. The van der Waals surface area contributed by atoms with Crippen molar-refractivity contribution in [1.82, 2.24) is 15.3 Å². The molecule has 4 rings (SSSR count). The third-order valence-corrected chi connectivity index (χ3v) is 5.16. The van der Waals surface area contributed by atoms with Gasteiger partial charge in [-0.1, -0.05) is 30.4 Å². The number of carbonyl (C=O) groups is 1. The highest BCUT2D eigenvalue weighted by Gasteiger charge is 2.34. The maximum absolute atomic E-state index is 12.2. The lowest BCUT2D eigenvalue weighted by Crippen LogP contribution is -2.27. The topological polar surface area (TPSA) is 66.9 Å². The number of amides is 1. The van der Waals surface area contributed by atoms with Crippen LogP contribution in [0.3, 0.4) is 0 Å². The molecule has 2 N–H and O–H groups in total. The number of rotatable bonds is 6. The van der Waals surface area contributed by atoms with Gasteiger partial charge in [-0.3, -0.25) is 4.79 Å². The van der Waals surface area contributed by atoms with Gasteiger partial charge in [0.2, 0.25) is 5.95 Å². The molecule has 5 nitrogen and oxygen atoms in total. The summed E-state index contributed by atoms with van der Waals surface area (Å²) >= 11 is 0. The van der Waals surface area contributed by atoms with Crippen LogP contribution in [0.1, 0.15) is 29.6 Å². The molecular weight excluding hydrogens is 312 g/mol.